The Kier molecular flexibility index (Phi) is 4.30. The molecule has 0 unspecified atom stereocenters. The van der Waals surface area contributed by atoms with Gasteiger partial charge in [-0.15, -0.1) is 11.8 Å². The standard InChI is InChI=1S/C14H21NS/c1-16-13-9-7-12(8-10-13)14(15)11-5-3-2-4-6-11/h7-11,14H,2-6,15H2,1H3/t14-/m0/s1. The second-order valence-corrected chi connectivity index (χ2v) is 5.58. The zero-order valence-electron chi connectivity index (χ0n) is 9.99. The van der Waals surface area contributed by atoms with Crippen molar-refractivity contribution in [1.29, 1.82) is 0 Å². The van der Waals surface area contributed by atoms with E-state index in [1.165, 1.54) is 42.6 Å². The van der Waals surface area contributed by atoms with Gasteiger partial charge in [0.05, 0.1) is 0 Å². The van der Waals surface area contributed by atoms with Crippen LogP contribution in [-0.4, -0.2) is 6.26 Å². The quantitative estimate of drug-likeness (QED) is 0.802. The molecule has 2 heteroatoms. The minimum absolute atomic E-state index is 0.246. The number of rotatable bonds is 3. The van der Waals surface area contributed by atoms with Gasteiger partial charge in [0.1, 0.15) is 0 Å². The summed E-state index contributed by atoms with van der Waals surface area (Å²) in [5.74, 6) is 0.703. The molecule has 1 aromatic rings. The van der Waals surface area contributed by atoms with Gasteiger partial charge in [0.15, 0.2) is 0 Å². The van der Waals surface area contributed by atoms with Gasteiger partial charge in [-0.1, -0.05) is 31.4 Å². The molecule has 0 amide bonds. The lowest BCUT2D eigenvalue weighted by Gasteiger charge is -2.27. The van der Waals surface area contributed by atoms with Crippen molar-refractivity contribution in [3.63, 3.8) is 0 Å². The van der Waals surface area contributed by atoms with Crippen LogP contribution in [0.4, 0.5) is 0 Å². The maximum atomic E-state index is 6.35. The van der Waals surface area contributed by atoms with E-state index < -0.39 is 0 Å². The predicted octanol–water partition coefficient (Wildman–Crippen LogP) is 3.99. The summed E-state index contributed by atoms with van der Waals surface area (Å²) in [7, 11) is 0. The summed E-state index contributed by atoms with van der Waals surface area (Å²) in [6.45, 7) is 0. The zero-order valence-corrected chi connectivity index (χ0v) is 10.8. The monoisotopic (exact) mass is 235 g/mol. The molecular formula is C14H21NS. The number of benzene rings is 1. The van der Waals surface area contributed by atoms with Gasteiger partial charge in [-0.2, -0.15) is 0 Å². The van der Waals surface area contributed by atoms with E-state index in [1.54, 1.807) is 11.8 Å². The number of hydrogen-bond acceptors (Lipinski definition) is 2. The molecule has 0 radical (unpaired) electrons. The fourth-order valence-corrected chi connectivity index (χ4v) is 3.00. The van der Waals surface area contributed by atoms with Gasteiger partial charge in [-0.3, -0.25) is 0 Å². The minimum atomic E-state index is 0.246. The average molecular weight is 235 g/mol. The molecule has 1 aromatic carbocycles. The van der Waals surface area contributed by atoms with Gasteiger partial charge < -0.3 is 5.73 Å². The number of nitrogens with two attached hydrogens (primary N) is 1. The van der Waals surface area contributed by atoms with E-state index in [0.717, 1.165) is 0 Å². The molecule has 1 nitrogen and oxygen atoms in total. The Morgan fingerprint density at radius 2 is 1.75 bits per heavy atom. The highest BCUT2D eigenvalue weighted by Crippen LogP contribution is 2.33. The fraction of sp³-hybridized carbons (Fsp3) is 0.571. The van der Waals surface area contributed by atoms with Crippen molar-refractivity contribution < 1.29 is 0 Å². The molecule has 2 N–H and O–H groups in total. The molecule has 1 saturated carbocycles. The summed E-state index contributed by atoms with van der Waals surface area (Å²) in [5.41, 5.74) is 7.66. The minimum Gasteiger partial charge on any atom is -0.324 e. The lowest BCUT2D eigenvalue weighted by molar-refractivity contribution is 0.308. The van der Waals surface area contributed by atoms with Crippen molar-refractivity contribution in [2.24, 2.45) is 11.7 Å². The molecule has 16 heavy (non-hydrogen) atoms. The Morgan fingerprint density at radius 3 is 2.31 bits per heavy atom. The van der Waals surface area contributed by atoms with Gasteiger partial charge in [-0.05, 0) is 42.7 Å². The normalized spacial score (nSPS) is 19.6. The number of hydrogen-bond donors (Lipinski definition) is 1. The summed E-state index contributed by atoms with van der Waals surface area (Å²) in [6, 6.07) is 9.01. The van der Waals surface area contributed by atoms with Gasteiger partial charge in [0.25, 0.3) is 0 Å². The molecule has 0 spiro atoms. The molecule has 0 saturated heterocycles. The highest BCUT2D eigenvalue weighted by molar-refractivity contribution is 7.98. The first-order valence-electron chi connectivity index (χ1n) is 6.21. The first-order valence-corrected chi connectivity index (χ1v) is 7.43. The summed E-state index contributed by atoms with van der Waals surface area (Å²) in [6.07, 6.45) is 8.85. The molecule has 1 aliphatic rings. The van der Waals surface area contributed by atoms with Crippen LogP contribution in [0.15, 0.2) is 29.2 Å². The summed E-state index contributed by atoms with van der Waals surface area (Å²) >= 11 is 1.78. The summed E-state index contributed by atoms with van der Waals surface area (Å²) in [5, 5.41) is 0. The van der Waals surface area contributed by atoms with Crippen LogP contribution < -0.4 is 5.73 Å². The average Bonchev–Trinajstić information content (AvgIpc) is 2.39. The van der Waals surface area contributed by atoms with Crippen molar-refractivity contribution in [3.05, 3.63) is 29.8 Å². The largest absolute Gasteiger partial charge is 0.324 e. The molecule has 88 valence electrons. The van der Waals surface area contributed by atoms with E-state index in [9.17, 15) is 0 Å². The van der Waals surface area contributed by atoms with Crippen LogP contribution in [0.3, 0.4) is 0 Å². The second kappa shape index (κ2) is 5.74. The topological polar surface area (TPSA) is 26.0 Å². The van der Waals surface area contributed by atoms with Crippen LogP contribution in [-0.2, 0) is 0 Å². The van der Waals surface area contributed by atoms with Crippen LogP contribution in [0.1, 0.15) is 43.7 Å². The highest BCUT2D eigenvalue weighted by Gasteiger charge is 2.21. The number of thioether (sulfide) groups is 1. The Morgan fingerprint density at radius 1 is 1.12 bits per heavy atom. The Bertz CT molecular complexity index is 314. The van der Waals surface area contributed by atoms with Gasteiger partial charge in [0, 0.05) is 10.9 Å². The SMILES string of the molecule is CSc1ccc([C@@H](N)C2CCCCC2)cc1. The molecule has 0 aliphatic heterocycles. The van der Waals surface area contributed by atoms with E-state index in [4.69, 9.17) is 5.73 Å². The first kappa shape index (κ1) is 12.0. The Labute approximate surface area is 103 Å². The smallest absolute Gasteiger partial charge is 0.0323 e. The molecule has 1 fully saturated rings. The van der Waals surface area contributed by atoms with E-state index in [2.05, 4.69) is 30.5 Å². The summed E-state index contributed by atoms with van der Waals surface area (Å²) in [4.78, 5) is 1.32. The Hall–Kier alpha value is -0.470. The first-order chi connectivity index (χ1) is 7.81. The predicted molar refractivity (Wildman–Crippen MR) is 71.7 cm³/mol. The zero-order chi connectivity index (χ0) is 11.4. The summed E-state index contributed by atoms with van der Waals surface area (Å²) < 4.78 is 0. The van der Waals surface area contributed by atoms with Crippen LogP contribution in [0.2, 0.25) is 0 Å². The van der Waals surface area contributed by atoms with Gasteiger partial charge >= 0.3 is 0 Å². The van der Waals surface area contributed by atoms with E-state index in [0.29, 0.717) is 5.92 Å². The van der Waals surface area contributed by atoms with Crippen molar-refractivity contribution in [2.45, 2.75) is 43.0 Å². The third kappa shape index (κ3) is 2.80. The third-order valence-electron chi connectivity index (χ3n) is 3.66. The van der Waals surface area contributed by atoms with Crippen LogP contribution in [0.25, 0.3) is 0 Å². The van der Waals surface area contributed by atoms with Crippen LogP contribution in [0, 0.1) is 5.92 Å². The lowest BCUT2D eigenvalue weighted by Crippen LogP contribution is -2.23. The van der Waals surface area contributed by atoms with E-state index >= 15 is 0 Å². The van der Waals surface area contributed by atoms with Gasteiger partial charge in [-0.25, -0.2) is 0 Å². The van der Waals surface area contributed by atoms with Crippen LogP contribution >= 0.6 is 11.8 Å². The maximum Gasteiger partial charge on any atom is 0.0323 e. The van der Waals surface area contributed by atoms with Crippen molar-refractivity contribution in [1.82, 2.24) is 0 Å². The maximum absolute atomic E-state index is 6.35. The lowest BCUT2D eigenvalue weighted by atomic mass is 9.81. The molecule has 1 aliphatic carbocycles. The molecule has 0 bridgehead atoms. The second-order valence-electron chi connectivity index (χ2n) is 4.70. The molecule has 2 rings (SSSR count). The Balaban J connectivity index is 2.04. The van der Waals surface area contributed by atoms with Crippen molar-refractivity contribution in [2.75, 3.05) is 6.26 Å². The van der Waals surface area contributed by atoms with Crippen LogP contribution in [0.5, 0.6) is 0 Å². The van der Waals surface area contributed by atoms with E-state index in [-0.39, 0.29) is 6.04 Å². The van der Waals surface area contributed by atoms with Gasteiger partial charge in [0.2, 0.25) is 0 Å². The van der Waals surface area contributed by atoms with Crippen molar-refractivity contribution >= 4 is 11.8 Å². The fourth-order valence-electron chi connectivity index (χ4n) is 2.59. The van der Waals surface area contributed by atoms with Crippen molar-refractivity contribution in [3.8, 4) is 0 Å². The highest BCUT2D eigenvalue weighted by atomic mass is 32.2. The van der Waals surface area contributed by atoms with E-state index in [1.807, 2.05) is 0 Å². The molecular weight excluding hydrogens is 214 g/mol. The molecule has 0 heterocycles. The molecule has 0 aromatic heterocycles. The molecule has 1 atom stereocenters. The third-order valence-corrected chi connectivity index (χ3v) is 4.40.